The van der Waals surface area contributed by atoms with E-state index >= 15 is 0 Å². The van der Waals surface area contributed by atoms with Crippen LogP contribution in [-0.2, 0) is 6.54 Å². The van der Waals surface area contributed by atoms with Gasteiger partial charge in [0.1, 0.15) is 0 Å². The van der Waals surface area contributed by atoms with Crippen molar-refractivity contribution in [2.24, 2.45) is 0 Å². The van der Waals surface area contributed by atoms with Gasteiger partial charge in [-0.05, 0) is 44.4 Å². The molecule has 6 heteroatoms. The van der Waals surface area contributed by atoms with Crippen molar-refractivity contribution in [2.45, 2.75) is 45.7 Å². The number of piperazine rings is 1. The molecule has 6 nitrogen and oxygen atoms in total. The summed E-state index contributed by atoms with van der Waals surface area (Å²) >= 11 is 0. The lowest BCUT2D eigenvalue weighted by Crippen LogP contribution is -2.49. The van der Waals surface area contributed by atoms with Gasteiger partial charge >= 0.3 is 0 Å². The Morgan fingerprint density at radius 1 is 0.828 bits per heavy atom. The van der Waals surface area contributed by atoms with E-state index in [-0.39, 0.29) is 0 Å². The zero-order valence-corrected chi connectivity index (χ0v) is 17.8. The monoisotopic (exact) mass is 394 g/mol. The Labute approximate surface area is 174 Å². The van der Waals surface area contributed by atoms with Gasteiger partial charge in [-0.3, -0.25) is 10.3 Å². The van der Waals surface area contributed by atoms with E-state index in [4.69, 9.17) is 0 Å². The summed E-state index contributed by atoms with van der Waals surface area (Å²) < 4.78 is 0. The van der Waals surface area contributed by atoms with Crippen LogP contribution in [-0.4, -0.2) is 65.4 Å². The van der Waals surface area contributed by atoms with E-state index in [1.807, 2.05) is 0 Å². The Morgan fingerprint density at radius 3 is 2.17 bits per heavy atom. The molecule has 0 atom stereocenters. The molecule has 1 aromatic heterocycles. The molecule has 156 valence electrons. The average Bonchev–Trinajstić information content (AvgIpc) is 2.79. The number of hydrogen-bond acceptors (Lipinski definition) is 6. The second-order valence-corrected chi connectivity index (χ2v) is 8.47. The third-order valence-corrected chi connectivity index (χ3v) is 6.13. The van der Waals surface area contributed by atoms with Gasteiger partial charge in [-0.15, -0.1) is 10.2 Å². The van der Waals surface area contributed by atoms with Crippen LogP contribution in [0.5, 0.6) is 0 Å². The van der Waals surface area contributed by atoms with Gasteiger partial charge in [-0.2, -0.15) is 0 Å². The summed E-state index contributed by atoms with van der Waals surface area (Å²) in [5.41, 5.74) is 6.90. The van der Waals surface area contributed by atoms with Crippen LogP contribution >= 0.6 is 0 Å². The average molecular weight is 395 g/mol. The molecule has 0 aliphatic carbocycles. The molecule has 0 saturated carbocycles. The zero-order valence-electron chi connectivity index (χ0n) is 17.8. The van der Waals surface area contributed by atoms with Crippen LogP contribution in [0.1, 0.15) is 38.7 Å². The number of hydrazine groups is 1. The molecule has 29 heavy (non-hydrogen) atoms. The van der Waals surface area contributed by atoms with Crippen molar-refractivity contribution in [3.63, 3.8) is 0 Å². The first-order valence-electron chi connectivity index (χ1n) is 11.1. The molecule has 0 radical (unpaired) electrons. The molecule has 2 fully saturated rings. The SMILES string of the molecule is CC(C)N1CCN(c2ccc(-c3ccc(CNN4CCCCC4)cc3)nn2)CC1. The van der Waals surface area contributed by atoms with Crippen molar-refractivity contribution in [3.8, 4) is 11.3 Å². The molecule has 2 aliphatic rings. The summed E-state index contributed by atoms with van der Waals surface area (Å²) in [6, 6.07) is 13.5. The molecule has 4 rings (SSSR count). The van der Waals surface area contributed by atoms with Gasteiger partial charge in [0.25, 0.3) is 0 Å². The number of piperidine rings is 1. The van der Waals surface area contributed by atoms with Crippen LogP contribution in [0.2, 0.25) is 0 Å². The maximum atomic E-state index is 4.51. The molecule has 0 amide bonds. The highest BCUT2D eigenvalue weighted by molar-refractivity contribution is 5.60. The maximum absolute atomic E-state index is 4.51. The number of anilines is 1. The van der Waals surface area contributed by atoms with Gasteiger partial charge in [0.15, 0.2) is 5.82 Å². The normalized spacial score (nSPS) is 19.1. The highest BCUT2D eigenvalue weighted by atomic mass is 15.5. The Balaban J connectivity index is 1.31. The van der Waals surface area contributed by atoms with E-state index in [0.717, 1.165) is 62.9 Å². The number of benzene rings is 1. The summed E-state index contributed by atoms with van der Waals surface area (Å²) in [7, 11) is 0. The largest absolute Gasteiger partial charge is 0.353 e. The number of rotatable bonds is 6. The predicted octanol–water partition coefficient (Wildman–Crippen LogP) is 3.16. The first-order chi connectivity index (χ1) is 14.2. The first kappa shape index (κ1) is 20.3. The Morgan fingerprint density at radius 2 is 1.55 bits per heavy atom. The van der Waals surface area contributed by atoms with Crippen LogP contribution < -0.4 is 10.3 Å². The highest BCUT2D eigenvalue weighted by Crippen LogP contribution is 2.20. The van der Waals surface area contributed by atoms with Crippen molar-refractivity contribution < 1.29 is 0 Å². The quantitative estimate of drug-likeness (QED) is 0.812. The molecular weight excluding hydrogens is 360 g/mol. The zero-order chi connectivity index (χ0) is 20.1. The Kier molecular flexibility index (Phi) is 6.74. The lowest BCUT2D eigenvalue weighted by atomic mass is 10.1. The Hall–Kier alpha value is -2.02. The molecule has 0 unspecified atom stereocenters. The fraction of sp³-hybridized carbons (Fsp3) is 0.565. The van der Waals surface area contributed by atoms with E-state index < -0.39 is 0 Å². The fourth-order valence-electron chi connectivity index (χ4n) is 4.16. The molecule has 2 aromatic rings. The van der Waals surface area contributed by atoms with Gasteiger partial charge < -0.3 is 4.90 Å². The number of aromatic nitrogens is 2. The van der Waals surface area contributed by atoms with Crippen molar-refractivity contribution >= 4 is 5.82 Å². The maximum Gasteiger partial charge on any atom is 0.151 e. The van der Waals surface area contributed by atoms with Crippen LogP contribution in [0, 0.1) is 0 Å². The summed E-state index contributed by atoms with van der Waals surface area (Å²) in [5.74, 6) is 0.986. The molecule has 3 heterocycles. The highest BCUT2D eigenvalue weighted by Gasteiger charge is 2.20. The van der Waals surface area contributed by atoms with Crippen molar-refractivity contribution in [2.75, 3.05) is 44.2 Å². The summed E-state index contributed by atoms with van der Waals surface area (Å²) in [6.45, 7) is 11.9. The summed E-state index contributed by atoms with van der Waals surface area (Å²) in [4.78, 5) is 4.85. The minimum Gasteiger partial charge on any atom is -0.353 e. The van der Waals surface area contributed by atoms with Crippen LogP contribution in [0.3, 0.4) is 0 Å². The first-order valence-corrected chi connectivity index (χ1v) is 11.1. The van der Waals surface area contributed by atoms with Gasteiger partial charge in [-0.25, -0.2) is 5.01 Å². The third-order valence-electron chi connectivity index (χ3n) is 6.13. The molecule has 2 aliphatic heterocycles. The fourth-order valence-corrected chi connectivity index (χ4v) is 4.16. The van der Waals surface area contributed by atoms with Crippen molar-refractivity contribution in [1.29, 1.82) is 0 Å². The van der Waals surface area contributed by atoms with E-state index in [1.165, 1.54) is 24.8 Å². The summed E-state index contributed by atoms with van der Waals surface area (Å²) in [5, 5.41) is 11.4. The smallest absolute Gasteiger partial charge is 0.151 e. The predicted molar refractivity (Wildman–Crippen MR) is 119 cm³/mol. The molecule has 2 saturated heterocycles. The van der Waals surface area contributed by atoms with Gasteiger partial charge in [-0.1, -0.05) is 30.7 Å². The second-order valence-electron chi connectivity index (χ2n) is 8.47. The van der Waals surface area contributed by atoms with Crippen LogP contribution in [0.25, 0.3) is 11.3 Å². The standard InChI is InChI=1S/C23H34N6/c1-19(2)27-14-16-28(17-15-27)23-11-10-22(25-26-23)21-8-6-20(7-9-21)18-24-29-12-4-3-5-13-29/h6-11,19,24H,3-5,12-18H2,1-2H3. The lowest BCUT2D eigenvalue weighted by Gasteiger charge is -2.37. The number of hydrogen-bond donors (Lipinski definition) is 1. The van der Waals surface area contributed by atoms with E-state index in [9.17, 15) is 0 Å². The van der Waals surface area contributed by atoms with Gasteiger partial charge in [0.05, 0.1) is 5.69 Å². The van der Waals surface area contributed by atoms with E-state index in [1.54, 1.807) is 0 Å². The number of nitrogens with one attached hydrogen (secondary N) is 1. The topological polar surface area (TPSA) is 47.5 Å². The molecular formula is C23H34N6. The number of nitrogens with zero attached hydrogens (tertiary/aromatic N) is 5. The van der Waals surface area contributed by atoms with Gasteiger partial charge in [0.2, 0.25) is 0 Å². The third kappa shape index (κ3) is 5.32. The van der Waals surface area contributed by atoms with E-state index in [2.05, 4.69) is 80.7 Å². The lowest BCUT2D eigenvalue weighted by molar-refractivity contribution is 0.151. The second kappa shape index (κ2) is 9.65. The van der Waals surface area contributed by atoms with E-state index in [0.29, 0.717) is 6.04 Å². The summed E-state index contributed by atoms with van der Waals surface area (Å²) in [6.07, 6.45) is 3.96. The molecule has 0 spiro atoms. The van der Waals surface area contributed by atoms with Gasteiger partial charge in [0, 0.05) is 57.4 Å². The van der Waals surface area contributed by atoms with Crippen molar-refractivity contribution in [3.05, 3.63) is 42.0 Å². The van der Waals surface area contributed by atoms with Crippen LogP contribution in [0.4, 0.5) is 5.82 Å². The Bertz CT molecular complexity index is 744. The molecule has 1 aromatic carbocycles. The minimum atomic E-state index is 0.614. The molecule has 0 bridgehead atoms. The molecule has 1 N–H and O–H groups in total. The van der Waals surface area contributed by atoms with Crippen molar-refractivity contribution in [1.82, 2.24) is 25.5 Å². The van der Waals surface area contributed by atoms with Crippen LogP contribution in [0.15, 0.2) is 36.4 Å². The minimum absolute atomic E-state index is 0.614.